The number of oxazole rings is 2. The molecule has 212 valence electrons. The highest BCUT2D eigenvalue weighted by molar-refractivity contribution is 5.80. The van der Waals surface area contributed by atoms with E-state index >= 15 is 0 Å². The molecule has 0 bridgehead atoms. The topological polar surface area (TPSA) is 102 Å². The molecule has 0 fully saturated rings. The van der Waals surface area contributed by atoms with Crippen LogP contribution in [0.5, 0.6) is 5.75 Å². The number of aromatic hydroxyl groups is 1. The molecule has 0 atom stereocenters. The number of nitroso groups, excluding NO2 is 1. The van der Waals surface area contributed by atoms with Crippen LogP contribution in [0.15, 0.2) is 98.9 Å². The molecule has 0 aliphatic heterocycles. The van der Waals surface area contributed by atoms with Crippen LogP contribution in [0.4, 0.5) is 32.0 Å². The fourth-order valence-electron chi connectivity index (χ4n) is 4.82. The van der Waals surface area contributed by atoms with Crippen LogP contribution < -0.4 is 0 Å². The quantitative estimate of drug-likeness (QED) is 0.161. The van der Waals surface area contributed by atoms with Gasteiger partial charge < -0.3 is 13.9 Å². The van der Waals surface area contributed by atoms with Gasteiger partial charge in [-0.1, -0.05) is 12.1 Å². The molecule has 0 radical (unpaired) electrons. The highest BCUT2D eigenvalue weighted by Gasteiger charge is 2.72. The number of benzene rings is 4. The number of aromatic nitrogens is 2. The maximum absolute atomic E-state index is 14.8. The predicted molar refractivity (Wildman–Crippen MR) is 139 cm³/mol. The van der Waals surface area contributed by atoms with Crippen molar-refractivity contribution in [3.05, 3.63) is 101 Å². The summed E-state index contributed by atoms with van der Waals surface area (Å²) < 4.78 is 100. The fraction of sp³-hybridized carbons (Fsp3) is 0.103. The summed E-state index contributed by atoms with van der Waals surface area (Å²) >= 11 is 0. The van der Waals surface area contributed by atoms with Crippen molar-refractivity contribution in [2.75, 3.05) is 0 Å². The molecule has 0 aliphatic carbocycles. The molecule has 0 unspecified atom stereocenters. The van der Waals surface area contributed by atoms with Crippen molar-refractivity contribution >= 4 is 27.9 Å². The number of phenolic OH excluding ortho intramolecular Hbond substituents is 1. The van der Waals surface area contributed by atoms with Crippen LogP contribution >= 0.6 is 0 Å². The summed E-state index contributed by atoms with van der Waals surface area (Å²) in [5, 5.41) is 12.3. The number of hydrogen-bond donors (Lipinski definition) is 1. The number of halogens is 6. The van der Waals surface area contributed by atoms with Gasteiger partial charge in [0.15, 0.2) is 11.2 Å². The summed E-state index contributed by atoms with van der Waals surface area (Å²) in [5.74, 6) is -0.183. The van der Waals surface area contributed by atoms with Gasteiger partial charge in [-0.15, -0.1) is 4.91 Å². The first kappa shape index (κ1) is 27.0. The van der Waals surface area contributed by atoms with Crippen LogP contribution in [0.2, 0.25) is 0 Å². The first-order chi connectivity index (χ1) is 19.9. The van der Waals surface area contributed by atoms with E-state index in [0.717, 1.165) is 12.1 Å². The molecule has 4 aromatic carbocycles. The van der Waals surface area contributed by atoms with Crippen molar-refractivity contribution in [1.82, 2.24) is 9.97 Å². The van der Waals surface area contributed by atoms with Gasteiger partial charge in [-0.2, -0.15) is 26.3 Å². The van der Waals surface area contributed by atoms with Gasteiger partial charge in [0.2, 0.25) is 17.2 Å². The third kappa shape index (κ3) is 4.24. The second kappa shape index (κ2) is 9.43. The van der Waals surface area contributed by atoms with Gasteiger partial charge in [-0.25, -0.2) is 9.97 Å². The maximum Gasteiger partial charge on any atom is 0.411 e. The zero-order valence-corrected chi connectivity index (χ0v) is 20.9. The third-order valence-corrected chi connectivity index (χ3v) is 6.83. The first-order valence-electron chi connectivity index (χ1n) is 12.1. The van der Waals surface area contributed by atoms with Crippen molar-refractivity contribution in [2.45, 2.75) is 17.8 Å². The summed E-state index contributed by atoms with van der Waals surface area (Å²) in [6, 6.07) is 15.9. The molecular formula is C29H15F6N3O4. The van der Waals surface area contributed by atoms with E-state index < -0.39 is 28.9 Å². The van der Waals surface area contributed by atoms with Crippen molar-refractivity contribution in [3.63, 3.8) is 0 Å². The van der Waals surface area contributed by atoms with Crippen molar-refractivity contribution in [3.8, 4) is 28.7 Å². The Bertz CT molecular complexity index is 1930. The van der Waals surface area contributed by atoms with Crippen LogP contribution in [-0.2, 0) is 5.41 Å². The largest absolute Gasteiger partial charge is 0.508 e. The lowest BCUT2D eigenvalue weighted by atomic mass is 9.72. The smallest absolute Gasteiger partial charge is 0.411 e. The fourth-order valence-corrected chi connectivity index (χ4v) is 4.82. The van der Waals surface area contributed by atoms with E-state index in [1.165, 1.54) is 48.5 Å². The Hall–Kier alpha value is -5.20. The van der Waals surface area contributed by atoms with E-state index in [2.05, 4.69) is 15.1 Å². The summed E-state index contributed by atoms with van der Waals surface area (Å²) in [7, 11) is 0. The average molecular weight is 583 g/mol. The minimum Gasteiger partial charge on any atom is -0.508 e. The summed E-state index contributed by atoms with van der Waals surface area (Å²) in [6.45, 7) is 0. The Kier molecular flexibility index (Phi) is 6.06. The Morgan fingerprint density at radius 3 is 1.45 bits per heavy atom. The van der Waals surface area contributed by atoms with E-state index in [9.17, 15) is 36.4 Å². The lowest BCUT2D eigenvalue weighted by Crippen LogP contribution is -2.54. The monoisotopic (exact) mass is 583 g/mol. The average Bonchev–Trinajstić information content (AvgIpc) is 3.56. The van der Waals surface area contributed by atoms with Crippen molar-refractivity contribution in [2.24, 2.45) is 5.18 Å². The standard InChI is InChI=1S/C29H15F6N3O4/c30-28(31,32)27(29(33,34)35,18-6-12-24-22(14-18)37-26(42-24)16-3-9-20(39)10-4-16)17-5-11-23-21(13-17)36-25(41-23)15-1-7-19(38-40)8-2-15/h1-14,39H. The van der Waals surface area contributed by atoms with Gasteiger partial charge in [0, 0.05) is 11.1 Å². The maximum atomic E-state index is 14.8. The zero-order valence-electron chi connectivity index (χ0n) is 20.9. The minimum atomic E-state index is -5.85. The van der Waals surface area contributed by atoms with Crippen LogP contribution in [0.1, 0.15) is 11.1 Å². The molecule has 1 N–H and O–H groups in total. The second-order valence-electron chi connectivity index (χ2n) is 9.33. The molecule has 0 saturated carbocycles. The highest BCUT2D eigenvalue weighted by Crippen LogP contribution is 2.57. The van der Waals surface area contributed by atoms with Crippen LogP contribution in [0.3, 0.4) is 0 Å². The zero-order chi connectivity index (χ0) is 29.9. The predicted octanol–water partition coefficient (Wildman–Crippen LogP) is 8.82. The molecule has 0 amide bonds. The van der Waals surface area contributed by atoms with Gasteiger partial charge in [0.25, 0.3) is 0 Å². The Balaban J connectivity index is 1.52. The number of nitrogens with zero attached hydrogens (tertiary/aromatic N) is 3. The van der Waals surface area contributed by atoms with E-state index in [0.29, 0.717) is 35.4 Å². The van der Waals surface area contributed by atoms with Crippen LogP contribution in [0, 0.1) is 4.91 Å². The molecule has 6 rings (SSSR count). The first-order valence-corrected chi connectivity index (χ1v) is 12.1. The molecular weight excluding hydrogens is 568 g/mol. The Labute approximate surface area is 231 Å². The molecule has 6 aromatic rings. The Morgan fingerprint density at radius 2 is 1.05 bits per heavy atom. The normalized spacial score (nSPS) is 12.7. The number of rotatable bonds is 5. The van der Waals surface area contributed by atoms with E-state index in [1.807, 2.05) is 0 Å². The number of phenols is 1. The van der Waals surface area contributed by atoms with E-state index in [4.69, 9.17) is 8.83 Å². The molecule has 42 heavy (non-hydrogen) atoms. The number of hydrogen-bond acceptors (Lipinski definition) is 7. The molecule has 0 aliphatic rings. The lowest BCUT2D eigenvalue weighted by molar-refractivity contribution is -0.288. The van der Waals surface area contributed by atoms with Crippen LogP contribution in [0.25, 0.3) is 45.1 Å². The van der Waals surface area contributed by atoms with Gasteiger partial charge in [0.1, 0.15) is 22.5 Å². The molecule has 2 heterocycles. The Morgan fingerprint density at radius 1 is 0.619 bits per heavy atom. The van der Waals surface area contributed by atoms with E-state index in [-0.39, 0.29) is 45.4 Å². The number of alkyl halides is 6. The van der Waals surface area contributed by atoms with Gasteiger partial charge in [-0.3, -0.25) is 0 Å². The van der Waals surface area contributed by atoms with Crippen LogP contribution in [-0.4, -0.2) is 27.4 Å². The van der Waals surface area contributed by atoms with Gasteiger partial charge in [-0.05, 0) is 89.1 Å². The summed E-state index contributed by atoms with van der Waals surface area (Å²) in [6.07, 6.45) is -11.7. The van der Waals surface area contributed by atoms with Crippen molar-refractivity contribution < 1.29 is 40.3 Å². The summed E-state index contributed by atoms with van der Waals surface area (Å²) in [5.41, 5.74) is -6.47. The molecule has 2 aromatic heterocycles. The molecule has 0 saturated heterocycles. The SMILES string of the molecule is O=Nc1ccc(-c2nc3cc(C(c4ccc5oc(-c6ccc(O)cc6)nc5c4)(C(F)(F)F)C(F)(F)F)ccc3o2)cc1. The molecule has 13 heteroatoms. The van der Waals surface area contributed by atoms with Crippen molar-refractivity contribution in [1.29, 1.82) is 0 Å². The third-order valence-electron chi connectivity index (χ3n) is 6.83. The second-order valence-corrected chi connectivity index (χ2v) is 9.33. The van der Waals surface area contributed by atoms with E-state index in [1.54, 1.807) is 0 Å². The van der Waals surface area contributed by atoms with Gasteiger partial charge in [0.05, 0.1) is 0 Å². The summed E-state index contributed by atoms with van der Waals surface area (Å²) in [4.78, 5) is 18.9. The molecule has 7 nitrogen and oxygen atoms in total. The lowest BCUT2D eigenvalue weighted by Gasteiger charge is -2.38. The molecule has 0 spiro atoms. The number of fused-ring (bicyclic) bond motifs is 2. The minimum absolute atomic E-state index is 0.0348. The van der Waals surface area contributed by atoms with Gasteiger partial charge >= 0.3 is 12.4 Å². The highest BCUT2D eigenvalue weighted by atomic mass is 19.4.